The van der Waals surface area contributed by atoms with Gasteiger partial charge in [-0.2, -0.15) is 0 Å². The highest BCUT2D eigenvalue weighted by Crippen LogP contribution is 2.53. The summed E-state index contributed by atoms with van der Waals surface area (Å²) in [5.74, 6) is 0.987. The first kappa shape index (κ1) is 22.3. The van der Waals surface area contributed by atoms with Crippen LogP contribution in [-0.2, 0) is 10.3 Å². The molecule has 3 aliphatic rings. The van der Waals surface area contributed by atoms with Crippen molar-refractivity contribution >= 4 is 18.3 Å². The van der Waals surface area contributed by atoms with E-state index in [4.69, 9.17) is 10.5 Å². The second kappa shape index (κ2) is 8.89. The topological polar surface area (TPSA) is 68.5 Å². The molecule has 0 unspecified atom stereocenters. The molecule has 1 amide bonds. The van der Waals surface area contributed by atoms with Gasteiger partial charge in [-0.3, -0.25) is 14.7 Å². The summed E-state index contributed by atoms with van der Waals surface area (Å²) in [6, 6.07) is 15.5. The first-order valence-corrected chi connectivity index (χ1v) is 11.2. The van der Waals surface area contributed by atoms with Crippen LogP contribution < -0.4 is 5.73 Å². The lowest BCUT2D eigenvalue weighted by molar-refractivity contribution is -0.179. The fourth-order valence-electron chi connectivity index (χ4n) is 6.48. The van der Waals surface area contributed by atoms with Crippen molar-refractivity contribution in [2.75, 3.05) is 20.2 Å². The second-order valence-electron chi connectivity index (χ2n) is 9.23. The lowest BCUT2D eigenvalue weighted by Gasteiger charge is -2.58. The van der Waals surface area contributed by atoms with Crippen LogP contribution in [0.25, 0.3) is 0 Å². The molecule has 1 saturated heterocycles. The smallest absolute Gasteiger partial charge is 0.267 e. The van der Waals surface area contributed by atoms with Gasteiger partial charge >= 0.3 is 0 Å². The molecule has 2 aliphatic carbocycles. The maximum atomic E-state index is 11.7. The lowest BCUT2D eigenvalue weighted by Crippen LogP contribution is -2.62. The third-order valence-electron chi connectivity index (χ3n) is 7.96. The van der Waals surface area contributed by atoms with Gasteiger partial charge < -0.3 is 10.5 Å². The number of pyridine rings is 1. The molecule has 166 valence electrons. The predicted molar refractivity (Wildman–Crippen MR) is 123 cm³/mol. The van der Waals surface area contributed by atoms with Gasteiger partial charge in [-0.05, 0) is 54.9 Å². The summed E-state index contributed by atoms with van der Waals surface area (Å²) in [6.45, 7) is 2.10. The van der Waals surface area contributed by atoms with E-state index in [0.717, 1.165) is 31.5 Å². The number of amides is 1. The van der Waals surface area contributed by atoms with Gasteiger partial charge in [0.25, 0.3) is 5.91 Å². The van der Waals surface area contributed by atoms with Gasteiger partial charge in [0.05, 0.1) is 0 Å². The van der Waals surface area contributed by atoms with Gasteiger partial charge in [-0.25, -0.2) is 0 Å². The molecular weight excluding hydrogens is 410 g/mol. The maximum absolute atomic E-state index is 11.7. The molecule has 5 atom stereocenters. The molecule has 1 aromatic carbocycles. The Morgan fingerprint density at radius 3 is 2.39 bits per heavy atom. The number of rotatable bonds is 5. The van der Waals surface area contributed by atoms with Gasteiger partial charge in [0.1, 0.15) is 11.3 Å². The van der Waals surface area contributed by atoms with E-state index in [2.05, 4.69) is 40.2 Å². The number of aromatic nitrogens is 1. The molecule has 1 aromatic heterocycles. The first-order valence-electron chi connectivity index (χ1n) is 11.2. The van der Waals surface area contributed by atoms with E-state index in [-0.39, 0.29) is 18.0 Å². The average molecular weight is 442 g/mol. The Balaban J connectivity index is 0.00000231. The highest BCUT2D eigenvalue weighted by Gasteiger charge is 2.55. The Hall–Kier alpha value is -1.95. The van der Waals surface area contributed by atoms with Gasteiger partial charge in [0.2, 0.25) is 0 Å². The number of methoxy groups -OCH3 is 1. The SMILES string of the molecule is CO[C@]1(c2ccnc(C(N)=O)c2)[C@@H]2CCC[C@H]1CN([C@@H]1CC[C@H]1c1ccccc1)C2.Cl. The monoisotopic (exact) mass is 441 g/mol. The maximum Gasteiger partial charge on any atom is 0.267 e. The fourth-order valence-corrected chi connectivity index (χ4v) is 6.48. The number of likely N-dealkylation sites (tertiary alicyclic amines) is 1. The number of fused-ring (bicyclic) bond motifs is 2. The molecule has 6 heteroatoms. The molecule has 2 aromatic rings. The molecule has 2 heterocycles. The molecule has 0 spiro atoms. The summed E-state index contributed by atoms with van der Waals surface area (Å²) < 4.78 is 6.35. The number of nitrogens with zero attached hydrogens (tertiary/aromatic N) is 2. The van der Waals surface area contributed by atoms with Gasteiger partial charge in [-0.1, -0.05) is 36.8 Å². The zero-order valence-corrected chi connectivity index (χ0v) is 18.9. The molecule has 2 saturated carbocycles. The van der Waals surface area contributed by atoms with Crippen molar-refractivity contribution in [1.29, 1.82) is 0 Å². The third kappa shape index (κ3) is 3.67. The van der Waals surface area contributed by atoms with Crippen LogP contribution in [0.15, 0.2) is 48.7 Å². The van der Waals surface area contributed by atoms with Crippen molar-refractivity contribution in [3.8, 4) is 0 Å². The summed E-state index contributed by atoms with van der Waals surface area (Å²) >= 11 is 0. The van der Waals surface area contributed by atoms with Crippen LogP contribution in [0.4, 0.5) is 0 Å². The van der Waals surface area contributed by atoms with E-state index in [1.54, 1.807) is 6.20 Å². The fraction of sp³-hybridized carbons (Fsp3) is 0.520. The quantitative estimate of drug-likeness (QED) is 0.757. The number of carbonyl (C=O) groups is 1. The normalized spacial score (nSPS) is 32.5. The standard InChI is InChI=1S/C25H31N3O2.ClH/c1-30-25(18-12-13-27-22(14-18)24(26)29)19-8-5-9-20(25)16-28(15-19)23-11-10-21(23)17-6-3-2-4-7-17;/h2-4,6-7,12-14,19-21,23H,5,8-11,15-16H2,1H3,(H2,26,29);1H/t19-,20+,21-,23+,25-;/m0./s1. The minimum atomic E-state index is -0.481. The number of benzene rings is 1. The van der Waals surface area contributed by atoms with Crippen LogP contribution in [0.5, 0.6) is 0 Å². The molecule has 1 aliphatic heterocycles. The summed E-state index contributed by atoms with van der Waals surface area (Å²) in [5.41, 5.74) is 8.03. The lowest BCUT2D eigenvalue weighted by atomic mass is 9.61. The Morgan fingerprint density at radius 2 is 1.81 bits per heavy atom. The highest BCUT2D eigenvalue weighted by atomic mass is 35.5. The van der Waals surface area contributed by atoms with Crippen molar-refractivity contribution in [3.63, 3.8) is 0 Å². The van der Waals surface area contributed by atoms with Crippen molar-refractivity contribution in [3.05, 3.63) is 65.5 Å². The third-order valence-corrected chi connectivity index (χ3v) is 7.96. The average Bonchev–Trinajstić information content (AvgIpc) is 2.73. The van der Waals surface area contributed by atoms with Crippen molar-refractivity contribution in [2.45, 2.75) is 49.7 Å². The largest absolute Gasteiger partial charge is 0.373 e. The van der Waals surface area contributed by atoms with Crippen molar-refractivity contribution < 1.29 is 9.53 Å². The van der Waals surface area contributed by atoms with Crippen molar-refractivity contribution in [1.82, 2.24) is 9.88 Å². The Labute approximate surface area is 190 Å². The minimum absolute atomic E-state index is 0. The van der Waals surface area contributed by atoms with E-state index >= 15 is 0 Å². The number of hydrogen-bond donors (Lipinski definition) is 1. The van der Waals surface area contributed by atoms with E-state index in [1.165, 1.54) is 24.8 Å². The molecular formula is C25H32ClN3O2. The summed E-state index contributed by atoms with van der Waals surface area (Å²) in [6.07, 6.45) is 7.81. The Bertz CT molecular complexity index is 908. The number of carbonyl (C=O) groups excluding carboxylic acids is 1. The zero-order valence-electron chi connectivity index (χ0n) is 18.1. The predicted octanol–water partition coefficient (Wildman–Crippen LogP) is 4.12. The van der Waals surface area contributed by atoms with Crippen LogP contribution in [0.1, 0.15) is 59.6 Å². The molecule has 31 heavy (non-hydrogen) atoms. The van der Waals surface area contributed by atoms with Gasteiger partial charge in [0.15, 0.2) is 0 Å². The number of hydrogen-bond acceptors (Lipinski definition) is 4. The van der Waals surface area contributed by atoms with E-state index < -0.39 is 5.91 Å². The van der Waals surface area contributed by atoms with Gasteiger partial charge in [-0.15, -0.1) is 12.4 Å². The molecule has 5 rings (SSSR count). The molecule has 2 N–H and O–H groups in total. The number of halogens is 1. The molecule has 2 bridgehead atoms. The number of ether oxygens (including phenoxy) is 1. The molecule has 0 radical (unpaired) electrons. The summed E-state index contributed by atoms with van der Waals surface area (Å²) in [7, 11) is 1.83. The zero-order chi connectivity index (χ0) is 20.7. The molecule has 3 fully saturated rings. The van der Waals surface area contributed by atoms with Crippen LogP contribution in [0.2, 0.25) is 0 Å². The van der Waals surface area contributed by atoms with Crippen LogP contribution in [-0.4, -0.2) is 42.0 Å². The number of nitrogens with two attached hydrogens (primary N) is 1. The summed E-state index contributed by atoms with van der Waals surface area (Å²) in [5, 5.41) is 0. The van der Waals surface area contributed by atoms with Crippen LogP contribution in [0.3, 0.4) is 0 Å². The molecule has 5 nitrogen and oxygen atoms in total. The number of piperidine rings is 1. The number of primary amides is 1. The first-order chi connectivity index (χ1) is 14.6. The Kier molecular flexibility index (Phi) is 6.38. The van der Waals surface area contributed by atoms with Crippen LogP contribution in [0, 0.1) is 11.8 Å². The van der Waals surface area contributed by atoms with Gasteiger partial charge in [0, 0.05) is 44.3 Å². The van der Waals surface area contributed by atoms with E-state index in [1.807, 2.05) is 19.2 Å². The highest BCUT2D eigenvalue weighted by molar-refractivity contribution is 5.90. The minimum Gasteiger partial charge on any atom is -0.373 e. The van der Waals surface area contributed by atoms with Crippen molar-refractivity contribution in [2.24, 2.45) is 17.6 Å². The second-order valence-corrected chi connectivity index (χ2v) is 9.23. The summed E-state index contributed by atoms with van der Waals surface area (Å²) in [4.78, 5) is 18.6. The van der Waals surface area contributed by atoms with E-state index in [9.17, 15) is 4.79 Å². The Morgan fingerprint density at radius 1 is 1.10 bits per heavy atom. The van der Waals surface area contributed by atoms with E-state index in [0.29, 0.717) is 29.5 Å². The van der Waals surface area contributed by atoms with Crippen LogP contribution >= 0.6 is 12.4 Å².